The minimum atomic E-state index is 0.100. The molecule has 2 aromatic carbocycles. The maximum atomic E-state index is 5.46. The molecule has 0 amide bonds. The van der Waals surface area contributed by atoms with E-state index in [2.05, 4.69) is 44.1 Å². The van der Waals surface area contributed by atoms with E-state index in [4.69, 9.17) is 9.47 Å². The third-order valence-electron chi connectivity index (χ3n) is 3.21. The molecule has 0 bridgehead atoms. The van der Waals surface area contributed by atoms with E-state index in [0.29, 0.717) is 0 Å². The minimum absolute atomic E-state index is 0.100. The lowest BCUT2D eigenvalue weighted by Gasteiger charge is -2.20. The Labute approximate surface area is 141 Å². The van der Waals surface area contributed by atoms with E-state index in [0.717, 1.165) is 31.7 Å². The fourth-order valence-corrected chi connectivity index (χ4v) is 3.26. The molecular formula is C16H17Br2NO2. The first-order valence-corrected chi connectivity index (χ1v) is 8.07. The summed E-state index contributed by atoms with van der Waals surface area (Å²) in [4.78, 5) is 0. The number of rotatable bonds is 5. The van der Waals surface area contributed by atoms with Gasteiger partial charge in [-0.1, -0.05) is 15.9 Å². The number of ether oxygens (including phenoxy) is 2. The number of benzene rings is 2. The van der Waals surface area contributed by atoms with Crippen molar-refractivity contribution in [3.63, 3.8) is 0 Å². The number of anilines is 1. The van der Waals surface area contributed by atoms with Crippen molar-refractivity contribution in [2.45, 2.75) is 13.0 Å². The van der Waals surface area contributed by atoms with Crippen molar-refractivity contribution < 1.29 is 9.47 Å². The smallest absolute Gasteiger partial charge is 0.127 e. The first kappa shape index (κ1) is 16.2. The zero-order chi connectivity index (χ0) is 15.4. The van der Waals surface area contributed by atoms with Crippen molar-refractivity contribution in [3.8, 4) is 11.5 Å². The fraction of sp³-hybridized carbons (Fsp3) is 0.250. The third kappa shape index (κ3) is 3.92. The van der Waals surface area contributed by atoms with Crippen LogP contribution >= 0.6 is 31.9 Å². The van der Waals surface area contributed by atoms with Crippen LogP contribution in [0.25, 0.3) is 0 Å². The Morgan fingerprint density at radius 1 is 1.00 bits per heavy atom. The van der Waals surface area contributed by atoms with Gasteiger partial charge in [-0.25, -0.2) is 0 Å². The molecular weight excluding hydrogens is 398 g/mol. The molecule has 0 saturated heterocycles. The summed E-state index contributed by atoms with van der Waals surface area (Å²) in [6, 6.07) is 12.0. The zero-order valence-corrected chi connectivity index (χ0v) is 15.3. The van der Waals surface area contributed by atoms with Crippen LogP contribution in [-0.4, -0.2) is 14.2 Å². The molecule has 0 radical (unpaired) electrons. The van der Waals surface area contributed by atoms with Gasteiger partial charge >= 0.3 is 0 Å². The van der Waals surface area contributed by atoms with Crippen molar-refractivity contribution in [1.82, 2.24) is 0 Å². The van der Waals surface area contributed by atoms with Gasteiger partial charge < -0.3 is 14.8 Å². The van der Waals surface area contributed by atoms with Crippen LogP contribution in [0.3, 0.4) is 0 Å². The van der Waals surface area contributed by atoms with Crippen molar-refractivity contribution in [1.29, 1.82) is 0 Å². The van der Waals surface area contributed by atoms with Crippen LogP contribution in [0.1, 0.15) is 18.5 Å². The van der Waals surface area contributed by atoms with Crippen molar-refractivity contribution >= 4 is 37.5 Å². The number of nitrogens with one attached hydrogen (secondary N) is 1. The molecule has 1 unspecified atom stereocenters. The Balaban J connectivity index is 2.25. The molecule has 0 aliphatic carbocycles. The molecule has 0 aliphatic rings. The molecule has 1 atom stereocenters. The van der Waals surface area contributed by atoms with Gasteiger partial charge in [-0.3, -0.25) is 0 Å². The molecule has 0 heterocycles. The van der Waals surface area contributed by atoms with Crippen molar-refractivity contribution in [3.05, 3.63) is 50.9 Å². The van der Waals surface area contributed by atoms with Crippen LogP contribution in [-0.2, 0) is 0 Å². The van der Waals surface area contributed by atoms with Gasteiger partial charge in [0.1, 0.15) is 11.5 Å². The highest BCUT2D eigenvalue weighted by Crippen LogP contribution is 2.33. The van der Waals surface area contributed by atoms with Crippen LogP contribution in [0.5, 0.6) is 11.5 Å². The molecule has 2 aromatic rings. The van der Waals surface area contributed by atoms with Crippen molar-refractivity contribution in [2.24, 2.45) is 0 Å². The first-order valence-electron chi connectivity index (χ1n) is 6.48. The molecule has 2 rings (SSSR count). The Hall–Kier alpha value is -1.20. The van der Waals surface area contributed by atoms with Gasteiger partial charge in [-0.2, -0.15) is 0 Å². The normalized spacial score (nSPS) is 11.9. The monoisotopic (exact) mass is 413 g/mol. The Kier molecular flexibility index (Phi) is 5.53. The lowest BCUT2D eigenvalue weighted by molar-refractivity contribution is 0.390. The Bertz CT molecular complexity index is 632. The molecule has 3 nitrogen and oxygen atoms in total. The second kappa shape index (κ2) is 7.18. The SMILES string of the molecule is COc1ccc(C(C)Nc2ccc(Br)cc2Br)c(OC)c1. The number of hydrogen-bond acceptors (Lipinski definition) is 3. The summed E-state index contributed by atoms with van der Waals surface area (Å²) in [6.45, 7) is 2.10. The third-order valence-corrected chi connectivity index (χ3v) is 4.36. The van der Waals surface area contributed by atoms with Gasteiger partial charge in [0.15, 0.2) is 0 Å². The zero-order valence-electron chi connectivity index (χ0n) is 12.1. The number of methoxy groups -OCH3 is 2. The average molecular weight is 415 g/mol. The van der Waals surface area contributed by atoms with Crippen LogP contribution in [0, 0.1) is 0 Å². The van der Waals surface area contributed by atoms with Gasteiger partial charge in [-0.15, -0.1) is 0 Å². The van der Waals surface area contributed by atoms with E-state index < -0.39 is 0 Å². The highest BCUT2D eigenvalue weighted by atomic mass is 79.9. The quantitative estimate of drug-likeness (QED) is 0.710. The van der Waals surface area contributed by atoms with E-state index in [1.807, 2.05) is 36.4 Å². The second-order valence-electron chi connectivity index (χ2n) is 4.60. The summed E-state index contributed by atoms with van der Waals surface area (Å²) in [6.07, 6.45) is 0. The molecule has 5 heteroatoms. The van der Waals surface area contributed by atoms with Gasteiger partial charge in [-0.05, 0) is 53.2 Å². The molecule has 0 spiro atoms. The maximum Gasteiger partial charge on any atom is 0.127 e. The standard InChI is InChI=1S/C16H17Br2NO2/c1-10(19-15-7-4-11(17)8-14(15)18)13-6-5-12(20-2)9-16(13)21-3/h4-10,19H,1-3H3. The van der Waals surface area contributed by atoms with Crippen LogP contribution in [0.15, 0.2) is 45.3 Å². The van der Waals surface area contributed by atoms with Gasteiger partial charge in [0.25, 0.3) is 0 Å². The van der Waals surface area contributed by atoms with Crippen LogP contribution < -0.4 is 14.8 Å². The lowest BCUT2D eigenvalue weighted by atomic mass is 10.1. The fourth-order valence-electron chi connectivity index (χ4n) is 2.09. The largest absolute Gasteiger partial charge is 0.497 e. The summed E-state index contributed by atoms with van der Waals surface area (Å²) >= 11 is 7.02. The average Bonchev–Trinajstić information content (AvgIpc) is 2.49. The van der Waals surface area contributed by atoms with Crippen molar-refractivity contribution in [2.75, 3.05) is 19.5 Å². The Morgan fingerprint density at radius 3 is 2.38 bits per heavy atom. The van der Waals surface area contributed by atoms with E-state index >= 15 is 0 Å². The predicted molar refractivity (Wildman–Crippen MR) is 93.4 cm³/mol. The Morgan fingerprint density at radius 2 is 1.76 bits per heavy atom. The predicted octanol–water partition coefficient (Wildman–Crippen LogP) is 5.40. The maximum absolute atomic E-state index is 5.46. The van der Waals surface area contributed by atoms with Gasteiger partial charge in [0.05, 0.1) is 20.3 Å². The topological polar surface area (TPSA) is 30.5 Å². The van der Waals surface area contributed by atoms with Gasteiger partial charge in [0.2, 0.25) is 0 Å². The summed E-state index contributed by atoms with van der Waals surface area (Å²) in [7, 11) is 3.32. The molecule has 0 aromatic heterocycles. The molecule has 112 valence electrons. The molecule has 0 aliphatic heterocycles. The summed E-state index contributed by atoms with van der Waals surface area (Å²) in [5, 5.41) is 3.48. The van der Waals surface area contributed by atoms with Crippen LogP contribution in [0.4, 0.5) is 5.69 Å². The first-order chi connectivity index (χ1) is 10.0. The highest BCUT2D eigenvalue weighted by Gasteiger charge is 2.13. The van der Waals surface area contributed by atoms with Crippen LogP contribution in [0.2, 0.25) is 0 Å². The van der Waals surface area contributed by atoms with E-state index in [-0.39, 0.29) is 6.04 Å². The summed E-state index contributed by atoms with van der Waals surface area (Å²) < 4.78 is 12.7. The highest BCUT2D eigenvalue weighted by molar-refractivity contribution is 9.11. The molecule has 21 heavy (non-hydrogen) atoms. The van der Waals surface area contributed by atoms with E-state index in [1.165, 1.54) is 0 Å². The summed E-state index contributed by atoms with van der Waals surface area (Å²) in [5.74, 6) is 1.59. The lowest BCUT2D eigenvalue weighted by Crippen LogP contribution is -2.08. The summed E-state index contributed by atoms with van der Waals surface area (Å²) in [5.41, 5.74) is 2.11. The minimum Gasteiger partial charge on any atom is -0.497 e. The van der Waals surface area contributed by atoms with E-state index in [9.17, 15) is 0 Å². The molecule has 1 N–H and O–H groups in total. The van der Waals surface area contributed by atoms with E-state index in [1.54, 1.807) is 14.2 Å². The molecule has 0 saturated carbocycles. The molecule has 0 fully saturated rings. The van der Waals surface area contributed by atoms with Gasteiger partial charge in [0, 0.05) is 26.3 Å². The number of hydrogen-bond donors (Lipinski definition) is 1. The number of halogens is 2. The second-order valence-corrected chi connectivity index (χ2v) is 6.37.